The average molecular weight is 113 g/mol. The van der Waals surface area contributed by atoms with Crippen molar-refractivity contribution < 1.29 is 9.53 Å². The molecule has 1 fully saturated rings. The summed E-state index contributed by atoms with van der Waals surface area (Å²) in [7, 11) is 0. The molecule has 0 aliphatic heterocycles. The minimum Gasteiger partial charge on any atom is -0.457 e. The van der Waals surface area contributed by atoms with E-state index < -0.39 is 0 Å². The summed E-state index contributed by atoms with van der Waals surface area (Å²) in [6.45, 7) is 4.14. The van der Waals surface area contributed by atoms with Gasteiger partial charge in [0, 0.05) is 0 Å². The molecule has 2 nitrogen and oxygen atoms in total. The van der Waals surface area contributed by atoms with Crippen molar-refractivity contribution in [3.63, 3.8) is 0 Å². The van der Waals surface area contributed by atoms with Gasteiger partial charge in [-0.05, 0) is 18.3 Å². The molecule has 1 aliphatic rings. The van der Waals surface area contributed by atoms with Gasteiger partial charge in [0.25, 0.3) is 0 Å². The third kappa shape index (κ3) is 1.22. The molecule has 0 N–H and O–H groups in total. The Morgan fingerprint density at radius 3 is 2.88 bits per heavy atom. The monoisotopic (exact) mass is 113 g/mol. The summed E-state index contributed by atoms with van der Waals surface area (Å²) in [5.74, 6) is 1.40. The molecule has 1 radical (unpaired) electrons. The first-order valence-corrected chi connectivity index (χ1v) is 2.83. The zero-order valence-corrected chi connectivity index (χ0v) is 4.89. The van der Waals surface area contributed by atoms with E-state index in [1.807, 2.05) is 0 Å². The molecule has 0 aromatic carbocycles. The van der Waals surface area contributed by atoms with Gasteiger partial charge in [-0.15, -0.1) is 0 Å². The lowest BCUT2D eigenvalue weighted by Gasteiger charge is -1.89. The van der Waals surface area contributed by atoms with Gasteiger partial charge < -0.3 is 4.74 Å². The molecule has 2 atom stereocenters. The van der Waals surface area contributed by atoms with Crippen LogP contribution in [-0.4, -0.2) is 13.1 Å². The molecular formula is C6H9O2. The van der Waals surface area contributed by atoms with E-state index in [2.05, 4.69) is 11.7 Å². The van der Waals surface area contributed by atoms with Crippen molar-refractivity contribution in [1.29, 1.82) is 0 Å². The van der Waals surface area contributed by atoms with Gasteiger partial charge in [-0.2, -0.15) is 0 Å². The van der Waals surface area contributed by atoms with Crippen molar-refractivity contribution >= 4 is 6.47 Å². The van der Waals surface area contributed by atoms with Gasteiger partial charge in [0.05, 0.1) is 6.61 Å². The molecular weight excluding hydrogens is 104 g/mol. The van der Waals surface area contributed by atoms with Crippen LogP contribution in [0, 0.1) is 11.8 Å². The molecule has 1 saturated carbocycles. The predicted octanol–water partition coefficient (Wildman–Crippen LogP) is 0.726. The van der Waals surface area contributed by atoms with Crippen LogP contribution >= 0.6 is 0 Å². The number of rotatable bonds is 3. The minimum absolute atomic E-state index is 0.574. The second kappa shape index (κ2) is 2.16. The van der Waals surface area contributed by atoms with E-state index >= 15 is 0 Å². The highest BCUT2D eigenvalue weighted by atomic mass is 16.5. The fourth-order valence-corrected chi connectivity index (χ4v) is 0.772. The van der Waals surface area contributed by atoms with Crippen LogP contribution < -0.4 is 0 Å². The van der Waals surface area contributed by atoms with Gasteiger partial charge in [0.2, 0.25) is 0 Å². The second-order valence-electron chi connectivity index (χ2n) is 2.37. The average Bonchev–Trinajstić information content (AvgIpc) is 2.42. The van der Waals surface area contributed by atoms with Gasteiger partial charge in [0.15, 0.2) is 0 Å². The van der Waals surface area contributed by atoms with Crippen LogP contribution in [0.2, 0.25) is 0 Å². The maximum atomic E-state index is 9.50. The molecule has 45 valence electrons. The lowest BCUT2D eigenvalue weighted by molar-refractivity contribution is 0.259. The number of ether oxygens (including phenoxy) is 1. The molecule has 0 amide bonds. The summed E-state index contributed by atoms with van der Waals surface area (Å²) in [4.78, 5) is 9.50. The topological polar surface area (TPSA) is 26.3 Å². The Balaban J connectivity index is 1.97. The number of hydrogen-bond donors (Lipinski definition) is 0. The van der Waals surface area contributed by atoms with Crippen LogP contribution in [0.1, 0.15) is 13.3 Å². The van der Waals surface area contributed by atoms with Gasteiger partial charge in [-0.1, -0.05) is 6.92 Å². The second-order valence-corrected chi connectivity index (χ2v) is 2.37. The third-order valence-electron chi connectivity index (χ3n) is 1.63. The molecule has 1 aliphatic carbocycles. The van der Waals surface area contributed by atoms with Crippen molar-refractivity contribution in [2.75, 3.05) is 6.61 Å². The van der Waals surface area contributed by atoms with Gasteiger partial charge in [-0.3, -0.25) is 0 Å². The van der Waals surface area contributed by atoms with Gasteiger partial charge >= 0.3 is 6.47 Å². The zero-order valence-electron chi connectivity index (χ0n) is 4.89. The van der Waals surface area contributed by atoms with Crippen LogP contribution in [0.25, 0.3) is 0 Å². The summed E-state index contributed by atoms with van der Waals surface area (Å²) in [6.07, 6.45) is 1.21. The number of hydrogen-bond acceptors (Lipinski definition) is 2. The van der Waals surface area contributed by atoms with E-state index in [9.17, 15) is 4.79 Å². The Hall–Kier alpha value is -0.530. The fraction of sp³-hybridized carbons (Fsp3) is 0.833. The van der Waals surface area contributed by atoms with E-state index in [-0.39, 0.29) is 0 Å². The predicted molar refractivity (Wildman–Crippen MR) is 28.9 cm³/mol. The molecule has 0 saturated heterocycles. The standard InChI is InChI=1S/C6H9O2/c1-5-2-6(5)3-8-4-7/h5-6H,2-3H2,1H3. The quantitative estimate of drug-likeness (QED) is 0.539. The molecule has 0 aromatic heterocycles. The van der Waals surface area contributed by atoms with Gasteiger partial charge in [-0.25, -0.2) is 4.79 Å². The normalized spacial score (nSPS) is 34.1. The lowest BCUT2D eigenvalue weighted by Crippen LogP contribution is -1.93. The molecule has 1 rings (SSSR count). The Morgan fingerprint density at radius 1 is 1.88 bits per heavy atom. The summed E-state index contributed by atoms with van der Waals surface area (Å²) in [5.41, 5.74) is 0. The van der Waals surface area contributed by atoms with E-state index in [0.29, 0.717) is 12.5 Å². The van der Waals surface area contributed by atoms with Crippen LogP contribution in [-0.2, 0) is 9.53 Å². The maximum absolute atomic E-state index is 9.50. The summed E-state index contributed by atoms with van der Waals surface area (Å²) < 4.78 is 4.42. The summed E-state index contributed by atoms with van der Waals surface area (Å²) in [6, 6.07) is 0. The van der Waals surface area contributed by atoms with Gasteiger partial charge in [0.1, 0.15) is 0 Å². The first kappa shape index (κ1) is 5.60. The molecule has 2 heteroatoms. The molecule has 8 heavy (non-hydrogen) atoms. The largest absolute Gasteiger partial charge is 0.457 e. The van der Waals surface area contributed by atoms with E-state index in [4.69, 9.17) is 0 Å². The lowest BCUT2D eigenvalue weighted by atomic mass is 10.4. The summed E-state index contributed by atoms with van der Waals surface area (Å²) >= 11 is 0. The first-order valence-electron chi connectivity index (χ1n) is 2.83. The maximum Gasteiger partial charge on any atom is 0.417 e. The van der Waals surface area contributed by atoms with Crippen molar-refractivity contribution in [1.82, 2.24) is 0 Å². The van der Waals surface area contributed by atoms with Crippen LogP contribution in [0.3, 0.4) is 0 Å². The third-order valence-corrected chi connectivity index (χ3v) is 1.63. The molecule has 2 unspecified atom stereocenters. The van der Waals surface area contributed by atoms with E-state index in [1.165, 1.54) is 12.9 Å². The highest BCUT2D eigenvalue weighted by molar-refractivity contribution is 5.38. The Bertz CT molecular complexity index is 90.5. The fourth-order valence-electron chi connectivity index (χ4n) is 0.772. The Morgan fingerprint density at radius 2 is 2.50 bits per heavy atom. The van der Waals surface area contributed by atoms with E-state index in [1.54, 1.807) is 0 Å². The molecule has 0 bridgehead atoms. The van der Waals surface area contributed by atoms with Crippen molar-refractivity contribution in [3.05, 3.63) is 0 Å². The molecule has 0 heterocycles. The molecule has 0 aromatic rings. The van der Waals surface area contributed by atoms with Crippen molar-refractivity contribution in [3.8, 4) is 0 Å². The first-order chi connectivity index (χ1) is 3.84. The zero-order chi connectivity index (χ0) is 5.98. The highest BCUT2D eigenvalue weighted by Crippen LogP contribution is 2.37. The Labute approximate surface area is 48.8 Å². The van der Waals surface area contributed by atoms with Crippen LogP contribution in [0.5, 0.6) is 0 Å². The Kier molecular flexibility index (Phi) is 1.51. The van der Waals surface area contributed by atoms with E-state index in [0.717, 1.165) is 5.92 Å². The SMILES string of the molecule is CC1CC1CO[C]=O. The van der Waals surface area contributed by atoms with Crippen molar-refractivity contribution in [2.24, 2.45) is 11.8 Å². The summed E-state index contributed by atoms with van der Waals surface area (Å²) in [5, 5.41) is 0. The highest BCUT2D eigenvalue weighted by Gasteiger charge is 2.32. The number of carbonyl (C=O) groups excluding carboxylic acids is 1. The van der Waals surface area contributed by atoms with Crippen molar-refractivity contribution in [2.45, 2.75) is 13.3 Å². The minimum atomic E-state index is 0.574. The van der Waals surface area contributed by atoms with Crippen LogP contribution in [0.4, 0.5) is 0 Å². The smallest absolute Gasteiger partial charge is 0.417 e. The molecule has 0 spiro atoms. The van der Waals surface area contributed by atoms with Crippen LogP contribution in [0.15, 0.2) is 0 Å².